The molecular formula is C12H20N4O. The number of carbonyl (C=O) groups is 1. The number of hydrogen-bond donors (Lipinski definition) is 2. The normalized spacial score (nSPS) is 11.1. The van der Waals surface area contributed by atoms with Crippen LogP contribution < -0.4 is 10.6 Å². The number of carbonyl (C=O) groups excluding carboxylic acids is 1. The van der Waals surface area contributed by atoms with Crippen LogP contribution >= 0.6 is 0 Å². The first-order valence-electron chi connectivity index (χ1n) is 5.88. The lowest BCUT2D eigenvalue weighted by atomic mass is 10.0. The summed E-state index contributed by atoms with van der Waals surface area (Å²) in [6.07, 6.45) is 0.979. The van der Waals surface area contributed by atoms with E-state index >= 15 is 0 Å². The zero-order valence-corrected chi connectivity index (χ0v) is 10.9. The predicted octanol–water partition coefficient (Wildman–Crippen LogP) is 1.83. The second-order valence-corrected chi connectivity index (χ2v) is 4.53. The Morgan fingerprint density at radius 1 is 1.29 bits per heavy atom. The second-order valence-electron chi connectivity index (χ2n) is 4.53. The van der Waals surface area contributed by atoms with Gasteiger partial charge in [-0.05, 0) is 39.3 Å². The Bertz CT molecular complexity index is 373. The van der Waals surface area contributed by atoms with Crippen LogP contribution in [0.4, 0.5) is 5.82 Å². The van der Waals surface area contributed by atoms with Crippen molar-refractivity contribution in [2.24, 2.45) is 0 Å². The topological polar surface area (TPSA) is 66.9 Å². The summed E-state index contributed by atoms with van der Waals surface area (Å²) >= 11 is 0. The quantitative estimate of drug-likeness (QED) is 0.818. The maximum absolute atomic E-state index is 11.5. The smallest absolute Gasteiger partial charge is 0.271 e. The first-order chi connectivity index (χ1) is 7.98. The fraction of sp³-hybridized carbons (Fsp3) is 0.583. The van der Waals surface area contributed by atoms with E-state index in [1.165, 1.54) is 0 Å². The minimum atomic E-state index is -0.193. The van der Waals surface area contributed by atoms with Crippen LogP contribution in [0.2, 0.25) is 0 Å². The van der Waals surface area contributed by atoms with E-state index in [1.54, 1.807) is 12.1 Å². The van der Waals surface area contributed by atoms with Gasteiger partial charge in [-0.15, -0.1) is 10.2 Å². The maximum Gasteiger partial charge on any atom is 0.271 e. The molecule has 1 heterocycles. The van der Waals surface area contributed by atoms with Gasteiger partial charge in [-0.1, -0.05) is 6.92 Å². The highest BCUT2D eigenvalue weighted by atomic mass is 16.1. The second kappa shape index (κ2) is 5.61. The van der Waals surface area contributed by atoms with Gasteiger partial charge >= 0.3 is 0 Å². The van der Waals surface area contributed by atoms with Gasteiger partial charge in [-0.3, -0.25) is 4.79 Å². The average molecular weight is 236 g/mol. The van der Waals surface area contributed by atoms with Crippen molar-refractivity contribution in [2.45, 2.75) is 39.7 Å². The van der Waals surface area contributed by atoms with E-state index < -0.39 is 0 Å². The van der Waals surface area contributed by atoms with Crippen LogP contribution in [0, 0.1) is 0 Å². The number of rotatable bonds is 5. The number of hydrogen-bond acceptors (Lipinski definition) is 4. The molecule has 0 bridgehead atoms. The lowest BCUT2D eigenvalue weighted by Crippen LogP contribution is -2.30. The summed E-state index contributed by atoms with van der Waals surface area (Å²) in [6, 6.07) is 3.45. The van der Waals surface area contributed by atoms with Gasteiger partial charge in [-0.25, -0.2) is 0 Å². The Labute approximate surface area is 102 Å². The fourth-order valence-electron chi connectivity index (χ4n) is 1.21. The van der Waals surface area contributed by atoms with E-state index in [1.807, 2.05) is 6.92 Å². The fourth-order valence-corrected chi connectivity index (χ4v) is 1.21. The largest absolute Gasteiger partial charge is 0.364 e. The van der Waals surface area contributed by atoms with Crippen molar-refractivity contribution in [1.29, 1.82) is 0 Å². The predicted molar refractivity (Wildman–Crippen MR) is 68.0 cm³/mol. The molecule has 0 aromatic carbocycles. The van der Waals surface area contributed by atoms with Crippen LogP contribution in [-0.2, 0) is 0 Å². The minimum Gasteiger partial charge on any atom is -0.364 e. The van der Waals surface area contributed by atoms with Gasteiger partial charge in [-0.2, -0.15) is 0 Å². The molecule has 0 unspecified atom stereocenters. The van der Waals surface area contributed by atoms with E-state index in [-0.39, 0.29) is 11.4 Å². The molecule has 2 N–H and O–H groups in total. The maximum atomic E-state index is 11.5. The molecule has 0 saturated heterocycles. The van der Waals surface area contributed by atoms with Gasteiger partial charge in [0.25, 0.3) is 5.91 Å². The SMILES string of the molecule is CCNC(=O)c1ccc(NC(C)(C)CC)nn1. The van der Waals surface area contributed by atoms with Gasteiger partial charge in [0.15, 0.2) is 5.69 Å². The summed E-state index contributed by atoms with van der Waals surface area (Å²) < 4.78 is 0. The van der Waals surface area contributed by atoms with E-state index in [4.69, 9.17) is 0 Å². The van der Waals surface area contributed by atoms with Gasteiger partial charge in [0, 0.05) is 12.1 Å². The molecule has 0 radical (unpaired) electrons. The molecule has 0 spiro atoms. The molecule has 0 aliphatic heterocycles. The van der Waals surface area contributed by atoms with Gasteiger partial charge < -0.3 is 10.6 Å². The van der Waals surface area contributed by atoms with E-state index in [0.29, 0.717) is 18.1 Å². The Hall–Kier alpha value is -1.65. The summed E-state index contributed by atoms with van der Waals surface area (Å²) in [5, 5.41) is 13.8. The van der Waals surface area contributed by atoms with Crippen LogP contribution in [0.15, 0.2) is 12.1 Å². The van der Waals surface area contributed by atoms with Crippen molar-refractivity contribution in [1.82, 2.24) is 15.5 Å². The molecule has 0 aliphatic rings. The number of aromatic nitrogens is 2. The minimum absolute atomic E-state index is 0.0259. The standard InChI is InChI=1S/C12H20N4O/c1-5-12(3,4)14-10-8-7-9(15-16-10)11(17)13-6-2/h7-8H,5-6H2,1-4H3,(H,13,17)(H,14,16). The number of anilines is 1. The zero-order valence-electron chi connectivity index (χ0n) is 10.9. The lowest BCUT2D eigenvalue weighted by molar-refractivity contribution is 0.0950. The van der Waals surface area contributed by atoms with E-state index in [9.17, 15) is 4.79 Å². The first kappa shape index (κ1) is 13.4. The molecule has 5 heteroatoms. The summed E-state index contributed by atoms with van der Waals surface area (Å²) in [5.41, 5.74) is 0.314. The van der Waals surface area contributed by atoms with E-state index in [2.05, 4.69) is 41.6 Å². The number of amides is 1. The Kier molecular flexibility index (Phi) is 4.43. The number of nitrogens with zero attached hydrogens (tertiary/aromatic N) is 2. The van der Waals surface area contributed by atoms with Crippen molar-refractivity contribution in [3.8, 4) is 0 Å². The molecule has 0 atom stereocenters. The van der Waals surface area contributed by atoms with Crippen LogP contribution in [0.5, 0.6) is 0 Å². The third-order valence-corrected chi connectivity index (χ3v) is 2.58. The molecular weight excluding hydrogens is 216 g/mol. The first-order valence-corrected chi connectivity index (χ1v) is 5.88. The molecule has 5 nitrogen and oxygen atoms in total. The highest BCUT2D eigenvalue weighted by Crippen LogP contribution is 2.14. The average Bonchev–Trinajstić information content (AvgIpc) is 2.30. The van der Waals surface area contributed by atoms with Crippen molar-refractivity contribution >= 4 is 11.7 Å². The van der Waals surface area contributed by atoms with Gasteiger partial charge in [0.2, 0.25) is 0 Å². The monoisotopic (exact) mass is 236 g/mol. The Morgan fingerprint density at radius 3 is 2.47 bits per heavy atom. The molecule has 1 amide bonds. The third kappa shape index (κ3) is 4.01. The van der Waals surface area contributed by atoms with Crippen molar-refractivity contribution in [3.63, 3.8) is 0 Å². The third-order valence-electron chi connectivity index (χ3n) is 2.58. The molecule has 1 rings (SSSR count). The molecule has 0 aliphatic carbocycles. The molecule has 94 valence electrons. The van der Waals surface area contributed by atoms with Crippen LogP contribution in [-0.4, -0.2) is 28.2 Å². The summed E-state index contributed by atoms with van der Waals surface area (Å²) in [7, 11) is 0. The van der Waals surface area contributed by atoms with E-state index in [0.717, 1.165) is 6.42 Å². The van der Waals surface area contributed by atoms with Gasteiger partial charge in [0.1, 0.15) is 5.82 Å². The highest BCUT2D eigenvalue weighted by molar-refractivity contribution is 5.92. The van der Waals surface area contributed by atoms with Crippen LogP contribution in [0.25, 0.3) is 0 Å². The van der Waals surface area contributed by atoms with Crippen molar-refractivity contribution in [2.75, 3.05) is 11.9 Å². The number of nitrogens with one attached hydrogen (secondary N) is 2. The highest BCUT2D eigenvalue weighted by Gasteiger charge is 2.15. The molecule has 1 aromatic rings. The lowest BCUT2D eigenvalue weighted by Gasteiger charge is -2.24. The molecule has 0 fully saturated rings. The molecule has 17 heavy (non-hydrogen) atoms. The van der Waals surface area contributed by atoms with Crippen LogP contribution in [0.1, 0.15) is 44.6 Å². The van der Waals surface area contributed by atoms with Crippen molar-refractivity contribution in [3.05, 3.63) is 17.8 Å². The van der Waals surface area contributed by atoms with Gasteiger partial charge in [0.05, 0.1) is 0 Å². The summed E-state index contributed by atoms with van der Waals surface area (Å²) in [4.78, 5) is 11.5. The van der Waals surface area contributed by atoms with Crippen molar-refractivity contribution < 1.29 is 4.79 Å². The molecule has 0 saturated carbocycles. The zero-order chi connectivity index (χ0) is 12.9. The Morgan fingerprint density at radius 2 is 2.00 bits per heavy atom. The Balaban J connectivity index is 2.71. The summed E-state index contributed by atoms with van der Waals surface area (Å²) in [5.74, 6) is 0.492. The summed E-state index contributed by atoms with van der Waals surface area (Å²) in [6.45, 7) is 8.73. The van der Waals surface area contributed by atoms with Crippen LogP contribution in [0.3, 0.4) is 0 Å². The molecule has 1 aromatic heterocycles.